The zero-order valence-electron chi connectivity index (χ0n) is 10.9. The van der Waals surface area contributed by atoms with Gasteiger partial charge in [-0.15, -0.1) is 0 Å². The monoisotopic (exact) mass is 264 g/mol. The van der Waals surface area contributed by atoms with Crippen molar-refractivity contribution in [2.45, 2.75) is 19.3 Å². The fourth-order valence-corrected chi connectivity index (χ4v) is 2.44. The third-order valence-corrected chi connectivity index (χ3v) is 3.43. The smallest absolute Gasteiger partial charge is 0.304 e. The van der Waals surface area contributed by atoms with Gasteiger partial charge in [0.15, 0.2) is 17.3 Å². The van der Waals surface area contributed by atoms with E-state index in [2.05, 4.69) is 0 Å². The fraction of sp³-hybridized carbons (Fsp3) is 0.429. The minimum absolute atomic E-state index is 0.118. The van der Waals surface area contributed by atoms with Gasteiger partial charge in [0.1, 0.15) is 0 Å². The van der Waals surface area contributed by atoms with Crippen LogP contribution in [0, 0.1) is 5.92 Å². The molecule has 1 aromatic carbocycles. The molecule has 0 amide bonds. The Labute approximate surface area is 111 Å². The first-order valence-electron chi connectivity index (χ1n) is 6.07. The normalized spacial score (nSPS) is 17.8. The number of hydrogen-bond acceptors (Lipinski definition) is 4. The molecule has 1 aromatic rings. The van der Waals surface area contributed by atoms with Gasteiger partial charge < -0.3 is 14.6 Å². The second-order valence-corrected chi connectivity index (χ2v) is 4.56. The van der Waals surface area contributed by atoms with E-state index in [0.29, 0.717) is 29.9 Å². The lowest BCUT2D eigenvalue weighted by molar-refractivity contribution is -0.137. The molecular formula is C14H16O5. The number of hydrogen-bond donors (Lipinski definition) is 1. The van der Waals surface area contributed by atoms with E-state index in [1.807, 2.05) is 0 Å². The summed E-state index contributed by atoms with van der Waals surface area (Å²) in [4.78, 5) is 23.0. The predicted octanol–water partition coefficient (Wildman–Crippen LogP) is 1.92. The van der Waals surface area contributed by atoms with Gasteiger partial charge in [-0.05, 0) is 30.5 Å². The van der Waals surface area contributed by atoms with E-state index in [0.717, 1.165) is 5.56 Å². The topological polar surface area (TPSA) is 72.8 Å². The molecule has 102 valence electrons. The van der Waals surface area contributed by atoms with Gasteiger partial charge in [0.25, 0.3) is 0 Å². The van der Waals surface area contributed by atoms with Crippen molar-refractivity contribution in [3.63, 3.8) is 0 Å². The summed E-state index contributed by atoms with van der Waals surface area (Å²) in [6.45, 7) is 0. The zero-order valence-corrected chi connectivity index (χ0v) is 10.9. The number of aliphatic carboxylic acids is 1. The number of carboxylic acids is 1. The Balaban J connectivity index is 2.37. The summed E-state index contributed by atoms with van der Waals surface area (Å²) in [5.74, 6) is -0.425. The first-order chi connectivity index (χ1) is 9.06. The highest BCUT2D eigenvalue weighted by atomic mass is 16.5. The van der Waals surface area contributed by atoms with Crippen LogP contribution in [0.4, 0.5) is 0 Å². The third kappa shape index (κ3) is 2.54. The molecule has 0 aliphatic heterocycles. The van der Waals surface area contributed by atoms with Crippen molar-refractivity contribution in [1.82, 2.24) is 0 Å². The number of carboxylic acid groups (broad SMARTS) is 1. The van der Waals surface area contributed by atoms with Gasteiger partial charge in [0, 0.05) is 11.5 Å². The molecule has 0 fully saturated rings. The molecule has 0 radical (unpaired) electrons. The minimum atomic E-state index is -0.942. The lowest BCUT2D eigenvalue weighted by atomic mass is 9.81. The van der Waals surface area contributed by atoms with E-state index >= 15 is 0 Å². The van der Waals surface area contributed by atoms with Gasteiger partial charge in [-0.25, -0.2) is 0 Å². The molecule has 1 unspecified atom stereocenters. The van der Waals surface area contributed by atoms with E-state index in [1.54, 1.807) is 19.2 Å². The third-order valence-electron chi connectivity index (χ3n) is 3.43. The van der Waals surface area contributed by atoms with Crippen LogP contribution in [0.15, 0.2) is 12.1 Å². The molecule has 0 saturated carbocycles. The summed E-state index contributed by atoms with van der Waals surface area (Å²) >= 11 is 0. The molecule has 1 aliphatic carbocycles. The summed E-state index contributed by atoms with van der Waals surface area (Å²) in [5.41, 5.74) is 1.44. The van der Waals surface area contributed by atoms with Crippen LogP contribution in [0.1, 0.15) is 28.8 Å². The first kappa shape index (κ1) is 13.4. The number of Topliss-reactive ketones (excluding diaryl/α,β-unsaturated/α-hetero) is 1. The molecule has 1 aliphatic rings. The van der Waals surface area contributed by atoms with Crippen LogP contribution in [-0.2, 0) is 11.2 Å². The van der Waals surface area contributed by atoms with Crippen molar-refractivity contribution in [1.29, 1.82) is 0 Å². The van der Waals surface area contributed by atoms with Gasteiger partial charge in [-0.1, -0.05) is 0 Å². The van der Waals surface area contributed by atoms with E-state index in [4.69, 9.17) is 14.6 Å². The predicted molar refractivity (Wildman–Crippen MR) is 67.9 cm³/mol. The van der Waals surface area contributed by atoms with Crippen LogP contribution < -0.4 is 9.47 Å². The second kappa shape index (κ2) is 5.30. The lowest BCUT2D eigenvalue weighted by Crippen LogP contribution is -2.25. The van der Waals surface area contributed by atoms with Crippen LogP contribution in [0.25, 0.3) is 0 Å². The van der Waals surface area contributed by atoms with Crippen molar-refractivity contribution in [2.24, 2.45) is 5.92 Å². The maximum Gasteiger partial charge on any atom is 0.304 e. The Hall–Kier alpha value is -2.04. The average molecular weight is 264 g/mol. The summed E-state index contributed by atoms with van der Waals surface area (Å²) in [7, 11) is 3.05. The van der Waals surface area contributed by atoms with E-state index in [-0.39, 0.29) is 12.2 Å². The van der Waals surface area contributed by atoms with Gasteiger partial charge in [-0.2, -0.15) is 0 Å². The Morgan fingerprint density at radius 3 is 2.53 bits per heavy atom. The average Bonchev–Trinajstić information content (AvgIpc) is 2.40. The van der Waals surface area contributed by atoms with E-state index < -0.39 is 11.9 Å². The van der Waals surface area contributed by atoms with Crippen molar-refractivity contribution in [3.8, 4) is 11.5 Å². The molecule has 0 heterocycles. The lowest BCUT2D eigenvalue weighted by Gasteiger charge is -2.23. The van der Waals surface area contributed by atoms with Crippen LogP contribution >= 0.6 is 0 Å². The first-order valence-corrected chi connectivity index (χ1v) is 6.07. The van der Waals surface area contributed by atoms with Crippen LogP contribution in [0.5, 0.6) is 11.5 Å². The van der Waals surface area contributed by atoms with Crippen LogP contribution in [0.3, 0.4) is 0 Å². The molecule has 5 nitrogen and oxygen atoms in total. The molecule has 2 rings (SSSR count). The SMILES string of the molecule is COc1cc2c(cc1OC)C(=O)C(CC(=O)O)CC2. The standard InChI is InChI=1S/C14H16O5/c1-18-11-5-8-3-4-9(6-13(15)16)14(17)10(8)7-12(11)19-2/h5,7,9H,3-4,6H2,1-2H3,(H,15,16). The molecule has 0 aromatic heterocycles. The number of ether oxygens (including phenoxy) is 2. The summed E-state index contributed by atoms with van der Waals surface area (Å²) in [6.07, 6.45) is 1.12. The highest BCUT2D eigenvalue weighted by Crippen LogP contribution is 2.36. The van der Waals surface area contributed by atoms with Crippen molar-refractivity contribution >= 4 is 11.8 Å². The maximum absolute atomic E-state index is 12.3. The molecule has 0 bridgehead atoms. The summed E-state index contributed by atoms with van der Waals surface area (Å²) < 4.78 is 10.4. The summed E-state index contributed by atoms with van der Waals surface area (Å²) in [5, 5.41) is 8.82. The molecule has 0 spiro atoms. The highest BCUT2D eigenvalue weighted by molar-refractivity contribution is 6.02. The van der Waals surface area contributed by atoms with Gasteiger partial charge >= 0.3 is 5.97 Å². The quantitative estimate of drug-likeness (QED) is 0.899. The number of rotatable bonds is 4. The van der Waals surface area contributed by atoms with E-state index in [1.165, 1.54) is 7.11 Å². The molecule has 5 heteroatoms. The number of carbonyl (C=O) groups excluding carboxylic acids is 1. The zero-order chi connectivity index (χ0) is 14.0. The Bertz CT molecular complexity index is 521. The van der Waals surface area contributed by atoms with Gasteiger partial charge in [0.2, 0.25) is 0 Å². The van der Waals surface area contributed by atoms with Crippen molar-refractivity contribution in [3.05, 3.63) is 23.3 Å². The number of aryl methyl sites for hydroxylation is 1. The van der Waals surface area contributed by atoms with Crippen LogP contribution in [0.2, 0.25) is 0 Å². The van der Waals surface area contributed by atoms with Crippen molar-refractivity contribution < 1.29 is 24.2 Å². The second-order valence-electron chi connectivity index (χ2n) is 4.56. The molecule has 1 N–H and O–H groups in total. The fourth-order valence-electron chi connectivity index (χ4n) is 2.44. The van der Waals surface area contributed by atoms with E-state index in [9.17, 15) is 9.59 Å². The molecular weight excluding hydrogens is 248 g/mol. The van der Waals surface area contributed by atoms with Crippen LogP contribution in [-0.4, -0.2) is 31.1 Å². The molecule has 0 saturated heterocycles. The largest absolute Gasteiger partial charge is 0.493 e. The van der Waals surface area contributed by atoms with Crippen molar-refractivity contribution in [2.75, 3.05) is 14.2 Å². The Kier molecular flexibility index (Phi) is 3.74. The maximum atomic E-state index is 12.3. The number of ketones is 1. The Morgan fingerprint density at radius 2 is 1.95 bits per heavy atom. The minimum Gasteiger partial charge on any atom is -0.493 e. The number of carbonyl (C=O) groups is 2. The Morgan fingerprint density at radius 1 is 1.32 bits per heavy atom. The summed E-state index contributed by atoms with van der Waals surface area (Å²) in [6, 6.07) is 3.44. The van der Waals surface area contributed by atoms with Gasteiger partial charge in [0.05, 0.1) is 20.6 Å². The number of benzene rings is 1. The molecule has 1 atom stereocenters. The number of fused-ring (bicyclic) bond motifs is 1. The number of methoxy groups -OCH3 is 2. The van der Waals surface area contributed by atoms with Gasteiger partial charge in [-0.3, -0.25) is 9.59 Å². The highest BCUT2D eigenvalue weighted by Gasteiger charge is 2.30. The molecule has 19 heavy (non-hydrogen) atoms.